The molecule has 2 aromatic rings. The quantitative estimate of drug-likeness (QED) is 0.865. The van der Waals surface area contributed by atoms with E-state index < -0.39 is 0 Å². The molecule has 0 bridgehead atoms. The number of ether oxygens (including phenoxy) is 1. The van der Waals surface area contributed by atoms with E-state index in [4.69, 9.17) is 10.5 Å². The summed E-state index contributed by atoms with van der Waals surface area (Å²) in [5.41, 5.74) is 7.86. The van der Waals surface area contributed by atoms with Gasteiger partial charge in [-0.25, -0.2) is 0 Å². The molecule has 0 fully saturated rings. The summed E-state index contributed by atoms with van der Waals surface area (Å²) in [4.78, 5) is 0.867. The first-order valence-electron chi connectivity index (χ1n) is 5.93. The third-order valence-electron chi connectivity index (χ3n) is 2.63. The largest absolute Gasteiger partial charge is 0.493 e. The van der Waals surface area contributed by atoms with E-state index in [0.29, 0.717) is 23.6 Å². The number of thiophene rings is 1. The summed E-state index contributed by atoms with van der Waals surface area (Å²) in [5.74, 6) is 0.701. The van der Waals surface area contributed by atoms with Crippen LogP contribution in [0.1, 0.15) is 17.4 Å². The van der Waals surface area contributed by atoms with Crippen molar-refractivity contribution in [2.75, 3.05) is 6.61 Å². The second-order valence-corrected chi connectivity index (χ2v) is 4.75. The predicted molar refractivity (Wildman–Crippen MR) is 78.5 cm³/mol. The van der Waals surface area contributed by atoms with Gasteiger partial charge in [-0.05, 0) is 30.5 Å². The molecule has 4 heteroatoms. The number of hydrogen-bond donors (Lipinski definition) is 1. The Kier molecular flexibility index (Phi) is 4.22. The van der Waals surface area contributed by atoms with Crippen LogP contribution >= 0.6 is 11.3 Å². The molecular weight excluding hydrogens is 256 g/mol. The second kappa shape index (κ2) is 6.07. The Morgan fingerprint density at radius 2 is 2.11 bits per heavy atom. The Balaban J connectivity index is 2.54. The van der Waals surface area contributed by atoms with Crippen molar-refractivity contribution in [2.45, 2.75) is 6.92 Å². The molecule has 0 saturated heterocycles. The van der Waals surface area contributed by atoms with Crippen molar-refractivity contribution >= 4 is 22.6 Å². The average Bonchev–Trinajstić information content (AvgIpc) is 2.94. The van der Waals surface area contributed by atoms with Gasteiger partial charge in [-0.1, -0.05) is 18.2 Å². The van der Waals surface area contributed by atoms with Crippen LogP contribution in [0.5, 0.6) is 5.75 Å². The summed E-state index contributed by atoms with van der Waals surface area (Å²) in [6.07, 6.45) is 0. The molecule has 0 saturated carbocycles. The van der Waals surface area contributed by atoms with Crippen LogP contribution in [0.15, 0.2) is 41.8 Å². The highest BCUT2D eigenvalue weighted by Crippen LogP contribution is 2.30. The number of benzene rings is 1. The van der Waals surface area contributed by atoms with Crippen LogP contribution in [-0.2, 0) is 0 Å². The Hall–Kier alpha value is -2.25. The minimum atomic E-state index is 0.453. The predicted octanol–water partition coefficient (Wildman–Crippen LogP) is 3.50. The fraction of sp³-hybridized carbons (Fsp3) is 0.133. The van der Waals surface area contributed by atoms with Gasteiger partial charge in [0.05, 0.1) is 17.9 Å². The first-order chi connectivity index (χ1) is 9.27. The molecule has 0 radical (unpaired) electrons. The van der Waals surface area contributed by atoms with Crippen LogP contribution in [0.25, 0.3) is 11.3 Å². The van der Waals surface area contributed by atoms with Gasteiger partial charge in [-0.15, -0.1) is 11.3 Å². The number of para-hydroxylation sites is 1. The molecule has 3 nitrogen and oxygen atoms in total. The standard InChI is InChI=1S/C15H14N2OS/c1-2-18-13-7-4-3-6-11(13)15(17)12(10-16)14-8-5-9-19-14/h3-9H,2,17H2,1H3/b15-12+. The zero-order valence-electron chi connectivity index (χ0n) is 10.6. The molecule has 19 heavy (non-hydrogen) atoms. The van der Waals surface area contributed by atoms with Crippen LogP contribution in [0, 0.1) is 11.3 Å². The SMILES string of the molecule is CCOc1ccccc1/C(N)=C(/C#N)c1cccs1. The number of rotatable bonds is 4. The molecule has 0 spiro atoms. The number of allylic oxidation sites excluding steroid dienone is 1. The van der Waals surface area contributed by atoms with E-state index in [0.717, 1.165) is 10.4 Å². The van der Waals surface area contributed by atoms with Gasteiger partial charge in [0.1, 0.15) is 11.8 Å². The van der Waals surface area contributed by atoms with Gasteiger partial charge in [-0.3, -0.25) is 0 Å². The van der Waals surface area contributed by atoms with Crippen molar-refractivity contribution in [2.24, 2.45) is 5.73 Å². The van der Waals surface area contributed by atoms with Crippen molar-refractivity contribution in [1.82, 2.24) is 0 Å². The molecule has 0 atom stereocenters. The van der Waals surface area contributed by atoms with Crippen molar-refractivity contribution in [3.05, 3.63) is 52.2 Å². The number of hydrogen-bond acceptors (Lipinski definition) is 4. The fourth-order valence-corrected chi connectivity index (χ4v) is 2.51. The maximum atomic E-state index is 9.33. The van der Waals surface area contributed by atoms with E-state index in [1.165, 1.54) is 11.3 Å². The van der Waals surface area contributed by atoms with Crippen LogP contribution in [0.3, 0.4) is 0 Å². The molecule has 0 aliphatic carbocycles. The lowest BCUT2D eigenvalue weighted by Crippen LogP contribution is -2.03. The van der Waals surface area contributed by atoms with Gasteiger partial charge < -0.3 is 10.5 Å². The van der Waals surface area contributed by atoms with Crippen LogP contribution in [0.4, 0.5) is 0 Å². The molecular formula is C15H14N2OS. The summed E-state index contributed by atoms with van der Waals surface area (Å²) in [5, 5.41) is 11.3. The Morgan fingerprint density at radius 3 is 2.74 bits per heavy atom. The van der Waals surface area contributed by atoms with E-state index in [2.05, 4.69) is 6.07 Å². The van der Waals surface area contributed by atoms with Gasteiger partial charge in [0.15, 0.2) is 0 Å². The normalized spacial score (nSPS) is 11.6. The van der Waals surface area contributed by atoms with Crippen molar-refractivity contribution < 1.29 is 4.74 Å². The molecule has 2 N–H and O–H groups in total. The molecule has 1 heterocycles. The third-order valence-corrected chi connectivity index (χ3v) is 3.51. The maximum Gasteiger partial charge on any atom is 0.128 e. The molecule has 0 amide bonds. The zero-order chi connectivity index (χ0) is 13.7. The van der Waals surface area contributed by atoms with Gasteiger partial charge in [0.25, 0.3) is 0 Å². The van der Waals surface area contributed by atoms with E-state index in [1.807, 2.05) is 48.7 Å². The summed E-state index contributed by atoms with van der Waals surface area (Å²) in [6, 6.07) is 13.5. The molecule has 1 aromatic carbocycles. The van der Waals surface area contributed by atoms with Crippen molar-refractivity contribution in [1.29, 1.82) is 5.26 Å². The molecule has 1 aromatic heterocycles. The zero-order valence-corrected chi connectivity index (χ0v) is 11.4. The molecule has 0 aliphatic heterocycles. The molecule has 2 rings (SSSR count). The maximum absolute atomic E-state index is 9.33. The molecule has 0 aliphatic rings. The molecule has 96 valence electrons. The van der Waals surface area contributed by atoms with Gasteiger partial charge in [0, 0.05) is 10.4 Å². The van der Waals surface area contributed by atoms with E-state index in [-0.39, 0.29) is 0 Å². The summed E-state index contributed by atoms with van der Waals surface area (Å²) >= 11 is 1.50. The average molecular weight is 270 g/mol. The minimum Gasteiger partial charge on any atom is -0.493 e. The number of nitrogens with zero attached hydrogens (tertiary/aromatic N) is 1. The first-order valence-corrected chi connectivity index (χ1v) is 6.81. The minimum absolute atomic E-state index is 0.453. The van der Waals surface area contributed by atoms with Crippen molar-refractivity contribution in [3.63, 3.8) is 0 Å². The van der Waals surface area contributed by atoms with Crippen LogP contribution in [0.2, 0.25) is 0 Å². The lowest BCUT2D eigenvalue weighted by atomic mass is 10.1. The topological polar surface area (TPSA) is 59.0 Å². The highest BCUT2D eigenvalue weighted by molar-refractivity contribution is 7.11. The highest BCUT2D eigenvalue weighted by Gasteiger charge is 2.13. The van der Waals surface area contributed by atoms with Crippen LogP contribution < -0.4 is 10.5 Å². The van der Waals surface area contributed by atoms with Gasteiger partial charge in [0.2, 0.25) is 0 Å². The first kappa shape index (κ1) is 13.2. The lowest BCUT2D eigenvalue weighted by molar-refractivity contribution is 0.339. The third kappa shape index (κ3) is 2.78. The number of nitrogens with two attached hydrogens (primary N) is 1. The van der Waals surface area contributed by atoms with Crippen molar-refractivity contribution in [3.8, 4) is 11.8 Å². The summed E-state index contributed by atoms with van der Waals surface area (Å²) in [6.45, 7) is 2.48. The van der Waals surface area contributed by atoms with E-state index in [1.54, 1.807) is 0 Å². The smallest absolute Gasteiger partial charge is 0.128 e. The Labute approximate surface area is 116 Å². The van der Waals surface area contributed by atoms with E-state index >= 15 is 0 Å². The molecule has 0 unspecified atom stereocenters. The van der Waals surface area contributed by atoms with Crippen LogP contribution in [-0.4, -0.2) is 6.61 Å². The monoisotopic (exact) mass is 270 g/mol. The number of nitriles is 1. The Bertz CT molecular complexity index is 624. The summed E-state index contributed by atoms with van der Waals surface area (Å²) in [7, 11) is 0. The van der Waals surface area contributed by atoms with E-state index in [9.17, 15) is 5.26 Å². The fourth-order valence-electron chi connectivity index (χ4n) is 1.77. The van der Waals surface area contributed by atoms with Gasteiger partial charge in [-0.2, -0.15) is 5.26 Å². The Morgan fingerprint density at radius 1 is 1.32 bits per heavy atom. The summed E-state index contributed by atoms with van der Waals surface area (Å²) < 4.78 is 5.55. The highest BCUT2D eigenvalue weighted by atomic mass is 32.1. The lowest BCUT2D eigenvalue weighted by Gasteiger charge is -2.11. The van der Waals surface area contributed by atoms with Gasteiger partial charge >= 0.3 is 0 Å². The second-order valence-electron chi connectivity index (χ2n) is 3.81.